The number of nitrogens with zero attached hydrogens (tertiary/aromatic N) is 3. The van der Waals surface area contributed by atoms with Crippen LogP contribution in [0.5, 0.6) is 0 Å². The maximum Gasteiger partial charge on any atom is 0.287 e. The molecule has 0 radical (unpaired) electrons. The Hall–Kier alpha value is -3.48. The van der Waals surface area contributed by atoms with E-state index < -0.39 is 11.7 Å². The van der Waals surface area contributed by atoms with Crippen LogP contribution in [0, 0.1) is 5.82 Å². The van der Waals surface area contributed by atoms with Crippen LogP contribution >= 0.6 is 0 Å². The molecule has 0 atom stereocenters. The van der Waals surface area contributed by atoms with Crippen molar-refractivity contribution in [2.24, 2.45) is 0 Å². The Kier molecular flexibility index (Phi) is 3.74. The highest BCUT2D eigenvalue weighted by molar-refractivity contribution is 5.96. The van der Waals surface area contributed by atoms with Gasteiger partial charge in [0, 0.05) is 30.5 Å². The molecule has 1 aromatic carbocycles. The van der Waals surface area contributed by atoms with E-state index in [4.69, 9.17) is 4.42 Å². The molecular weight excluding hydrogens is 323 g/mol. The smallest absolute Gasteiger partial charge is 0.287 e. The second kappa shape index (κ2) is 6.20. The van der Waals surface area contributed by atoms with Gasteiger partial charge in [0.05, 0.1) is 0 Å². The Labute approximate surface area is 141 Å². The summed E-state index contributed by atoms with van der Waals surface area (Å²) in [5, 5.41) is 7.38. The molecule has 0 aliphatic rings. The van der Waals surface area contributed by atoms with Gasteiger partial charge in [0.1, 0.15) is 0 Å². The van der Waals surface area contributed by atoms with Gasteiger partial charge in [0.25, 0.3) is 5.91 Å². The minimum absolute atomic E-state index is 0.0706. The molecule has 1 amide bonds. The summed E-state index contributed by atoms with van der Waals surface area (Å²) in [5.74, 6) is -0.143. The normalized spacial score (nSPS) is 10.9. The summed E-state index contributed by atoms with van der Waals surface area (Å²) in [6.45, 7) is 0.282. The number of hydrogen-bond acceptors (Lipinski definition) is 4. The van der Waals surface area contributed by atoms with Crippen LogP contribution in [-0.2, 0) is 6.54 Å². The van der Waals surface area contributed by atoms with E-state index >= 15 is 0 Å². The van der Waals surface area contributed by atoms with E-state index in [0.717, 1.165) is 5.56 Å². The minimum atomic E-state index is -0.491. The van der Waals surface area contributed by atoms with Crippen LogP contribution in [0.3, 0.4) is 0 Å². The molecular formula is C18H13FN4O2. The topological polar surface area (TPSA) is 73.0 Å². The van der Waals surface area contributed by atoms with Gasteiger partial charge in [0.2, 0.25) is 0 Å². The Morgan fingerprint density at radius 3 is 2.88 bits per heavy atom. The van der Waals surface area contributed by atoms with E-state index in [1.165, 1.54) is 12.1 Å². The van der Waals surface area contributed by atoms with Crippen molar-refractivity contribution in [2.45, 2.75) is 6.54 Å². The summed E-state index contributed by atoms with van der Waals surface area (Å²) in [4.78, 5) is 16.5. The lowest BCUT2D eigenvalue weighted by atomic mass is 10.2. The number of carbonyl (C=O) groups is 1. The van der Waals surface area contributed by atoms with Gasteiger partial charge in [-0.05, 0) is 29.8 Å². The predicted molar refractivity (Wildman–Crippen MR) is 88.7 cm³/mol. The maximum absolute atomic E-state index is 13.6. The van der Waals surface area contributed by atoms with E-state index in [0.29, 0.717) is 11.2 Å². The van der Waals surface area contributed by atoms with Crippen molar-refractivity contribution in [1.82, 2.24) is 20.1 Å². The van der Waals surface area contributed by atoms with Crippen molar-refractivity contribution in [3.05, 3.63) is 78.2 Å². The maximum atomic E-state index is 13.6. The monoisotopic (exact) mass is 336 g/mol. The fourth-order valence-electron chi connectivity index (χ4n) is 2.47. The first-order valence-electron chi connectivity index (χ1n) is 7.62. The van der Waals surface area contributed by atoms with Gasteiger partial charge >= 0.3 is 0 Å². The second-order valence-electron chi connectivity index (χ2n) is 5.43. The van der Waals surface area contributed by atoms with Crippen molar-refractivity contribution in [1.29, 1.82) is 0 Å². The summed E-state index contributed by atoms with van der Waals surface area (Å²) < 4.78 is 20.6. The van der Waals surface area contributed by atoms with E-state index in [1.54, 1.807) is 35.4 Å². The number of halogens is 1. The van der Waals surface area contributed by atoms with Gasteiger partial charge in [-0.1, -0.05) is 18.2 Å². The van der Waals surface area contributed by atoms with Crippen molar-refractivity contribution >= 4 is 16.9 Å². The number of nitrogens with one attached hydrogen (secondary N) is 1. The fourth-order valence-corrected chi connectivity index (χ4v) is 2.47. The van der Waals surface area contributed by atoms with Crippen molar-refractivity contribution < 1.29 is 13.6 Å². The zero-order chi connectivity index (χ0) is 17.2. The van der Waals surface area contributed by atoms with Crippen LogP contribution in [0.25, 0.3) is 16.8 Å². The van der Waals surface area contributed by atoms with E-state index in [1.807, 2.05) is 18.2 Å². The van der Waals surface area contributed by atoms with Gasteiger partial charge < -0.3 is 9.73 Å². The third kappa shape index (κ3) is 2.99. The van der Waals surface area contributed by atoms with Gasteiger partial charge in [-0.2, -0.15) is 5.10 Å². The van der Waals surface area contributed by atoms with Crippen molar-refractivity contribution in [2.75, 3.05) is 0 Å². The molecule has 3 heterocycles. The van der Waals surface area contributed by atoms with Crippen LogP contribution in [-0.4, -0.2) is 20.7 Å². The molecule has 0 spiro atoms. The number of furan rings is 1. The molecule has 0 saturated heterocycles. The predicted octanol–water partition coefficient (Wildman–Crippen LogP) is 3.08. The molecule has 0 unspecified atom stereocenters. The van der Waals surface area contributed by atoms with E-state index in [2.05, 4.69) is 15.4 Å². The number of benzene rings is 1. The second-order valence-corrected chi connectivity index (χ2v) is 5.43. The highest BCUT2D eigenvalue weighted by Gasteiger charge is 2.14. The third-order valence-corrected chi connectivity index (χ3v) is 3.72. The van der Waals surface area contributed by atoms with Crippen LogP contribution in [0.2, 0.25) is 0 Å². The molecule has 0 fully saturated rings. The van der Waals surface area contributed by atoms with Gasteiger partial charge in [-0.3, -0.25) is 4.79 Å². The summed E-state index contributed by atoms with van der Waals surface area (Å²) >= 11 is 0. The van der Waals surface area contributed by atoms with Gasteiger partial charge in [-0.15, -0.1) is 0 Å². The molecule has 4 rings (SSSR count). The van der Waals surface area contributed by atoms with Gasteiger partial charge in [0.15, 0.2) is 23.0 Å². The lowest BCUT2D eigenvalue weighted by Crippen LogP contribution is -2.22. The standard InChI is InChI=1S/C18H13FN4O2/c19-14-4-1-3-13-9-15(25-17(13)14)18(24)21-11-12-5-6-16(20-10-12)23-8-2-7-22-23/h1-10H,11H2,(H,21,24). The summed E-state index contributed by atoms with van der Waals surface area (Å²) in [6, 6.07) is 11.5. The van der Waals surface area contributed by atoms with Crippen LogP contribution in [0.1, 0.15) is 16.1 Å². The number of pyridine rings is 1. The molecule has 0 bridgehead atoms. The molecule has 3 aromatic heterocycles. The largest absolute Gasteiger partial charge is 0.448 e. The molecule has 0 aliphatic heterocycles. The number of hydrogen-bond donors (Lipinski definition) is 1. The first kappa shape index (κ1) is 15.1. The zero-order valence-corrected chi connectivity index (χ0v) is 13.0. The number of carbonyl (C=O) groups excluding carboxylic acids is 1. The number of rotatable bonds is 4. The molecule has 124 valence electrons. The number of amides is 1. The minimum Gasteiger partial charge on any atom is -0.448 e. The molecule has 4 aromatic rings. The zero-order valence-electron chi connectivity index (χ0n) is 13.0. The molecule has 1 N–H and O–H groups in total. The van der Waals surface area contributed by atoms with Crippen LogP contribution in [0.4, 0.5) is 4.39 Å². The van der Waals surface area contributed by atoms with Gasteiger partial charge in [-0.25, -0.2) is 14.1 Å². The summed E-state index contributed by atoms with van der Waals surface area (Å²) in [5.41, 5.74) is 0.907. The van der Waals surface area contributed by atoms with E-state index in [-0.39, 0.29) is 17.9 Å². The highest BCUT2D eigenvalue weighted by Crippen LogP contribution is 2.22. The van der Waals surface area contributed by atoms with Crippen LogP contribution in [0.15, 0.2) is 65.5 Å². The van der Waals surface area contributed by atoms with E-state index in [9.17, 15) is 9.18 Å². The third-order valence-electron chi connectivity index (χ3n) is 3.72. The Morgan fingerprint density at radius 2 is 2.16 bits per heavy atom. The molecule has 7 heteroatoms. The average Bonchev–Trinajstić information content (AvgIpc) is 3.30. The molecule has 25 heavy (non-hydrogen) atoms. The first-order valence-corrected chi connectivity index (χ1v) is 7.62. The molecule has 0 saturated carbocycles. The SMILES string of the molecule is O=C(NCc1ccc(-n2cccn2)nc1)c1cc2cccc(F)c2o1. The Balaban J connectivity index is 1.45. The molecule has 0 aliphatic carbocycles. The molecule has 6 nitrogen and oxygen atoms in total. The Bertz CT molecular complexity index is 1020. The number of fused-ring (bicyclic) bond motifs is 1. The fraction of sp³-hybridized carbons (Fsp3) is 0.0556. The lowest BCUT2D eigenvalue weighted by molar-refractivity contribution is 0.0925. The number of aromatic nitrogens is 3. The van der Waals surface area contributed by atoms with Crippen molar-refractivity contribution in [3.8, 4) is 5.82 Å². The first-order chi connectivity index (χ1) is 12.2. The highest BCUT2D eigenvalue weighted by atomic mass is 19.1. The summed E-state index contributed by atoms with van der Waals surface area (Å²) in [7, 11) is 0. The average molecular weight is 336 g/mol. The number of para-hydroxylation sites is 1. The lowest BCUT2D eigenvalue weighted by Gasteiger charge is -2.05. The quantitative estimate of drug-likeness (QED) is 0.621. The van der Waals surface area contributed by atoms with Crippen LogP contribution < -0.4 is 5.32 Å². The summed E-state index contributed by atoms with van der Waals surface area (Å²) in [6.07, 6.45) is 5.13. The van der Waals surface area contributed by atoms with Crippen molar-refractivity contribution in [3.63, 3.8) is 0 Å². The Morgan fingerprint density at radius 1 is 1.24 bits per heavy atom.